The lowest BCUT2D eigenvalue weighted by Crippen LogP contribution is -2.39. The number of hydrogen-bond acceptors (Lipinski definition) is 4. The van der Waals surface area contributed by atoms with Gasteiger partial charge >= 0.3 is 0 Å². The van der Waals surface area contributed by atoms with Crippen molar-refractivity contribution < 1.29 is 9.18 Å². The van der Waals surface area contributed by atoms with Gasteiger partial charge in [-0.25, -0.2) is 9.37 Å². The van der Waals surface area contributed by atoms with Gasteiger partial charge in [0.25, 0.3) is 0 Å². The van der Waals surface area contributed by atoms with E-state index in [1.807, 2.05) is 28.9 Å². The van der Waals surface area contributed by atoms with Gasteiger partial charge in [0.1, 0.15) is 5.82 Å². The minimum atomic E-state index is -0.249. The first-order valence-electron chi connectivity index (χ1n) is 8.38. The molecule has 1 saturated heterocycles. The van der Waals surface area contributed by atoms with E-state index in [1.165, 1.54) is 23.9 Å². The van der Waals surface area contributed by atoms with Crippen LogP contribution in [-0.2, 0) is 11.8 Å². The summed E-state index contributed by atoms with van der Waals surface area (Å²) < 4.78 is 14.9. The van der Waals surface area contributed by atoms with E-state index in [-0.39, 0.29) is 11.7 Å². The zero-order chi connectivity index (χ0) is 17.6. The first-order chi connectivity index (χ1) is 12.1. The van der Waals surface area contributed by atoms with Crippen LogP contribution in [-0.4, -0.2) is 45.0 Å². The normalized spacial score (nSPS) is 15.5. The first-order valence-corrected chi connectivity index (χ1v) is 10.3. The molecule has 7 heteroatoms. The highest BCUT2D eigenvalue weighted by molar-refractivity contribution is 8.00. The molecule has 0 N–H and O–H groups in total. The number of benzene rings is 1. The molecule has 0 saturated carbocycles. The summed E-state index contributed by atoms with van der Waals surface area (Å²) in [6, 6.07) is 6.29. The zero-order valence-electron chi connectivity index (χ0n) is 14.2. The quantitative estimate of drug-likeness (QED) is 0.718. The van der Waals surface area contributed by atoms with Crippen molar-refractivity contribution >= 4 is 29.4 Å². The number of amides is 1. The third-order valence-corrected chi connectivity index (χ3v) is 6.65. The molecule has 1 amide bonds. The summed E-state index contributed by atoms with van der Waals surface area (Å²) in [7, 11) is 2.01. The molecule has 0 bridgehead atoms. The summed E-state index contributed by atoms with van der Waals surface area (Å²) in [5.74, 6) is 2.02. The largest absolute Gasteiger partial charge is 0.342 e. The van der Waals surface area contributed by atoms with Gasteiger partial charge in [0.05, 0.1) is 5.75 Å². The number of hydrogen-bond donors (Lipinski definition) is 0. The molecule has 1 aromatic carbocycles. The number of imidazole rings is 1. The molecule has 0 radical (unpaired) electrons. The first kappa shape index (κ1) is 18.3. The molecule has 0 aliphatic carbocycles. The maximum Gasteiger partial charge on any atom is 0.232 e. The molecular formula is C18H22FN3OS2. The second-order valence-corrected chi connectivity index (χ2v) is 8.23. The molecule has 4 nitrogen and oxygen atoms in total. The van der Waals surface area contributed by atoms with Gasteiger partial charge in [-0.1, -0.05) is 11.8 Å². The Hall–Kier alpha value is -1.47. The predicted octanol–water partition coefficient (Wildman–Crippen LogP) is 3.68. The molecule has 2 aromatic rings. The van der Waals surface area contributed by atoms with Gasteiger partial charge in [0.15, 0.2) is 5.16 Å². The van der Waals surface area contributed by atoms with E-state index in [9.17, 15) is 9.18 Å². The lowest BCUT2D eigenvalue weighted by Gasteiger charge is -2.31. The Balaban J connectivity index is 1.38. The number of carbonyl (C=O) groups is 1. The molecule has 3 rings (SSSR count). The lowest BCUT2D eigenvalue weighted by molar-refractivity contribution is -0.129. The molecule has 134 valence electrons. The fourth-order valence-corrected chi connectivity index (χ4v) is 4.72. The topological polar surface area (TPSA) is 38.1 Å². The number of likely N-dealkylation sites (tertiary alicyclic amines) is 1. The molecule has 0 unspecified atom stereocenters. The van der Waals surface area contributed by atoms with E-state index in [4.69, 9.17) is 0 Å². The third kappa shape index (κ3) is 5.25. The second kappa shape index (κ2) is 8.76. The number of aromatic nitrogens is 2. The van der Waals surface area contributed by atoms with Crippen LogP contribution in [0.15, 0.2) is 46.7 Å². The highest BCUT2D eigenvalue weighted by Crippen LogP contribution is 2.26. The van der Waals surface area contributed by atoms with Crippen LogP contribution in [0, 0.1) is 11.7 Å². The minimum Gasteiger partial charge on any atom is -0.342 e. The average Bonchev–Trinajstić information content (AvgIpc) is 3.04. The number of thioether (sulfide) groups is 2. The summed E-state index contributed by atoms with van der Waals surface area (Å²) >= 11 is 3.26. The molecule has 0 atom stereocenters. The Morgan fingerprint density at radius 1 is 1.24 bits per heavy atom. The van der Waals surface area contributed by atoms with Crippen molar-refractivity contribution in [1.82, 2.24) is 14.5 Å². The van der Waals surface area contributed by atoms with E-state index in [0.717, 1.165) is 41.7 Å². The smallest absolute Gasteiger partial charge is 0.232 e. The van der Waals surface area contributed by atoms with Crippen molar-refractivity contribution in [3.63, 3.8) is 0 Å². The van der Waals surface area contributed by atoms with Crippen LogP contribution in [0.3, 0.4) is 0 Å². The Bertz CT molecular complexity index is 697. The molecule has 1 aromatic heterocycles. The number of rotatable bonds is 6. The Morgan fingerprint density at radius 2 is 1.96 bits per heavy atom. The Labute approximate surface area is 156 Å². The number of halogens is 1. The SMILES string of the molecule is Cn1ccnc1SCC1CCN(C(=O)CSc2ccc(F)cc2)CC1. The van der Waals surface area contributed by atoms with Crippen LogP contribution in [0.4, 0.5) is 4.39 Å². The van der Waals surface area contributed by atoms with Gasteiger partial charge in [-0.15, -0.1) is 11.8 Å². The van der Waals surface area contributed by atoms with Gasteiger partial charge in [-0.05, 0) is 43.0 Å². The molecule has 1 aliphatic heterocycles. The maximum atomic E-state index is 12.9. The summed E-state index contributed by atoms with van der Waals surface area (Å²) in [5, 5.41) is 1.05. The van der Waals surface area contributed by atoms with Crippen LogP contribution < -0.4 is 0 Å². The number of carbonyl (C=O) groups excluding carboxylic acids is 1. The molecule has 25 heavy (non-hydrogen) atoms. The van der Waals surface area contributed by atoms with Gasteiger partial charge < -0.3 is 9.47 Å². The fraction of sp³-hybridized carbons (Fsp3) is 0.444. The summed E-state index contributed by atoms with van der Waals surface area (Å²) in [4.78, 5) is 19.6. The van der Waals surface area contributed by atoms with Crippen molar-refractivity contribution in [1.29, 1.82) is 0 Å². The third-order valence-electron chi connectivity index (χ3n) is 4.37. The minimum absolute atomic E-state index is 0.171. The number of piperidine rings is 1. The van der Waals surface area contributed by atoms with Crippen molar-refractivity contribution in [2.24, 2.45) is 13.0 Å². The number of nitrogens with zero attached hydrogens (tertiary/aromatic N) is 3. The molecule has 1 aliphatic rings. The van der Waals surface area contributed by atoms with E-state index >= 15 is 0 Å². The highest BCUT2D eigenvalue weighted by atomic mass is 32.2. The van der Waals surface area contributed by atoms with Crippen molar-refractivity contribution in [2.75, 3.05) is 24.6 Å². The molecule has 2 heterocycles. The Morgan fingerprint density at radius 3 is 2.60 bits per heavy atom. The maximum absolute atomic E-state index is 12.9. The van der Waals surface area contributed by atoms with Crippen LogP contribution >= 0.6 is 23.5 Å². The standard InChI is InChI=1S/C18H22FN3OS2/c1-21-11-8-20-18(21)25-12-14-6-9-22(10-7-14)17(23)13-24-16-4-2-15(19)3-5-16/h2-5,8,11,14H,6-7,9-10,12-13H2,1H3. The van der Waals surface area contributed by atoms with Crippen molar-refractivity contribution in [3.05, 3.63) is 42.5 Å². The molecular weight excluding hydrogens is 357 g/mol. The second-order valence-electron chi connectivity index (χ2n) is 6.20. The van der Waals surface area contributed by atoms with Crippen LogP contribution in [0.2, 0.25) is 0 Å². The fourth-order valence-electron chi connectivity index (χ4n) is 2.80. The zero-order valence-corrected chi connectivity index (χ0v) is 15.9. The van der Waals surface area contributed by atoms with Crippen molar-refractivity contribution in [3.8, 4) is 0 Å². The van der Waals surface area contributed by atoms with Crippen molar-refractivity contribution in [2.45, 2.75) is 22.9 Å². The van der Waals surface area contributed by atoms with Gasteiger partial charge in [0, 0.05) is 43.2 Å². The van der Waals surface area contributed by atoms with E-state index < -0.39 is 0 Å². The average molecular weight is 380 g/mol. The van der Waals surface area contributed by atoms with Gasteiger partial charge in [-0.2, -0.15) is 0 Å². The molecule has 0 spiro atoms. The monoisotopic (exact) mass is 379 g/mol. The Kier molecular flexibility index (Phi) is 6.42. The van der Waals surface area contributed by atoms with E-state index in [1.54, 1.807) is 23.9 Å². The van der Waals surface area contributed by atoms with Crippen LogP contribution in [0.5, 0.6) is 0 Å². The van der Waals surface area contributed by atoms with Crippen LogP contribution in [0.25, 0.3) is 0 Å². The predicted molar refractivity (Wildman–Crippen MR) is 100 cm³/mol. The molecule has 1 fully saturated rings. The number of aryl methyl sites for hydroxylation is 1. The highest BCUT2D eigenvalue weighted by Gasteiger charge is 2.23. The summed E-state index contributed by atoms with van der Waals surface area (Å²) in [5.41, 5.74) is 0. The summed E-state index contributed by atoms with van der Waals surface area (Å²) in [6.07, 6.45) is 5.87. The van der Waals surface area contributed by atoms with Gasteiger partial charge in [-0.3, -0.25) is 4.79 Å². The summed E-state index contributed by atoms with van der Waals surface area (Å²) in [6.45, 7) is 1.66. The van der Waals surface area contributed by atoms with E-state index in [0.29, 0.717) is 11.7 Å². The lowest BCUT2D eigenvalue weighted by atomic mass is 9.99. The van der Waals surface area contributed by atoms with Crippen LogP contribution in [0.1, 0.15) is 12.8 Å². The van der Waals surface area contributed by atoms with E-state index in [2.05, 4.69) is 4.98 Å². The van der Waals surface area contributed by atoms with Gasteiger partial charge in [0.2, 0.25) is 5.91 Å².